The predicted molar refractivity (Wildman–Crippen MR) is 115 cm³/mol. The van der Waals surface area contributed by atoms with Crippen LogP contribution in [0.2, 0.25) is 0 Å². The molecule has 0 bridgehead atoms. The van der Waals surface area contributed by atoms with Crippen LogP contribution in [0.15, 0.2) is 53.4 Å². The average Bonchev–Trinajstić information content (AvgIpc) is 3.17. The van der Waals surface area contributed by atoms with Gasteiger partial charge in [-0.15, -0.1) is 0 Å². The molecule has 7 heteroatoms. The average molecular weight is 416 g/mol. The van der Waals surface area contributed by atoms with Gasteiger partial charge in [0.25, 0.3) is 0 Å². The van der Waals surface area contributed by atoms with E-state index in [0.29, 0.717) is 6.54 Å². The molecule has 0 radical (unpaired) electrons. The van der Waals surface area contributed by atoms with E-state index in [9.17, 15) is 13.2 Å². The molecule has 0 aliphatic carbocycles. The van der Waals surface area contributed by atoms with Crippen molar-refractivity contribution < 1.29 is 13.2 Å². The molecule has 2 aromatic rings. The highest BCUT2D eigenvalue weighted by molar-refractivity contribution is 7.89. The molecule has 1 aliphatic heterocycles. The summed E-state index contributed by atoms with van der Waals surface area (Å²) in [4.78, 5) is 17.1. The van der Waals surface area contributed by atoms with E-state index >= 15 is 0 Å². The van der Waals surface area contributed by atoms with Gasteiger partial charge in [0.05, 0.1) is 17.0 Å². The van der Waals surface area contributed by atoms with Crippen molar-refractivity contribution in [1.29, 1.82) is 0 Å². The van der Waals surface area contributed by atoms with Crippen molar-refractivity contribution in [2.24, 2.45) is 0 Å². The normalized spacial score (nSPS) is 17.9. The van der Waals surface area contributed by atoms with Crippen molar-refractivity contribution in [3.8, 4) is 0 Å². The molecule has 1 aliphatic rings. The van der Waals surface area contributed by atoms with Gasteiger partial charge in [-0.25, -0.2) is 8.42 Å². The molecule has 1 amide bonds. The molecule has 6 nitrogen and oxygen atoms in total. The van der Waals surface area contributed by atoms with Gasteiger partial charge in [0.2, 0.25) is 15.9 Å². The third-order valence-electron chi connectivity index (χ3n) is 5.34. The van der Waals surface area contributed by atoms with E-state index in [1.165, 1.54) is 0 Å². The largest absolute Gasteiger partial charge is 0.378 e. The Bertz CT molecular complexity index is 971. The zero-order valence-corrected chi connectivity index (χ0v) is 18.2. The van der Waals surface area contributed by atoms with E-state index in [2.05, 4.69) is 10.8 Å². The Morgan fingerprint density at radius 1 is 1.17 bits per heavy atom. The number of carbonyl (C=O) groups excluding carboxylic acids is 1. The molecular formula is C22H29N3O3S. The molecular weight excluding hydrogens is 386 g/mol. The summed E-state index contributed by atoms with van der Waals surface area (Å²) in [6.07, 6.45) is 1.78. The Kier molecular flexibility index (Phi) is 6.29. The van der Waals surface area contributed by atoms with Crippen LogP contribution in [0.3, 0.4) is 0 Å². The van der Waals surface area contributed by atoms with E-state index in [1.807, 2.05) is 44.1 Å². The van der Waals surface area contributed by atoms with Gasteiger partial charge in [0.1, 0.15) is 0 Å². The van der Waals surface area contributed by atoms with Crippen LogP contribution in [-0.2, 0) is 14.8 Å². The zero-order valence-electron chi connectivity index (χ0n) is 17.4. The lowest BCUT2D eigenvalue weighted by molar-refractivity contribution is -0.133. The first-order valence-corrected chi connectivity index (χ1v) is 11.3. The summed E-state index contributed by atoms with van der Waals surface area (Å²) >= 11 is 0. The minimum Gasteiger partial charge on any atom is -0.378 e. The molecule has 0 aromatic heterocycles. The van der Waals surface area contributed by atoms with Gasteiger partial charge >= 0.3 is 0 Å². The van der Waals surface area contributed by atoms with Gasteiger partial charge < -0.3 is 9.80 Å². The number of benzene rings is 2. The molecule has 0 saturated carbocycles. The highest BCUT2D eigenvalue weighted by Crippen LogP contribution is 2.34. The summed E-state index contributed by atoms with van der Waals surface area (Å²) < 4.78 is 27.9. The summed E-state index contributed by atoms with van der Waals surface area (Å²) in [6.45, 7) is 4.14. The number of nitrogens with one attached hydrogen (secondary N) is 1. The Balaban J connectivity index is 1.76. The van der Waals surface area contributed by atoms with Crippen LogP contribution in [0.4, 0.5) is 5.69 Å². The number of likely N-dealkylation sites (tertiary alicyclic amines) is 1. The fourth-order valence-corrected chi connectivity index (χ4v) is 4.90. The first kappa shape index (κ1) is 21.3. The van der Waals surface area contributed by atoms with E-state index in [1.54, 1.807) is 36.1 Å². The maximum atomic E-state index is 13.1. The molecule has 1 unspecified atom stereocenters. The van der Waals surface area contributed by atoms with Crippen LogP contribution in [0.25, 0.3) is 0 Å². The van der Waals surface area contributed by atoms with E-state index in [4.69, 9.17) is 0 Å². The van der Waals surface area contributed by atoms with Crippen molar-refractivity contribution in [2.45, 2.75) is 43.7 Å². The molecule has 1 saturated heterocycles. The standard InChI is InChI=1S/C22H29N3O3S/c1-16-10-12-20(13-11-16)29(27,28)23-17(2)22(26)25-14-6-9-21(25)18-7-5-8-19(15-18)24(3)4/h5,7-8,10-13,15,17,21,23H,6,9,14H2,1-4H3/t17-,21?/m0/s1. The molecule has 2 atom stereocenters. The number of sulfonamides is 1. The van der Waals surface area contributed by atoms with Crippen LogP contribution in [0.5, 0.6) is 0 Å². The monoisotopic (exact) mass is 415 g/mol. The second-order valence-corrected chi connectivity index (χ2v) is 9.55. The Labute approximate surface area is 173 Å². The van der Waals surface area contributed by atoms with Gasteiger partial charge in [-0.05, 0) is 56.5 Å². The summed E-state index contributed by atoms with van der Waals surface area (Å²) in [7, 11) is 0.214. The van der Waals surface area contributed by atoms with Gasteiger partial charge in [-0.1, -0.05) is 29.8 Å². The predicted octanol–water partition coefficient (Wildman–Crippen LogP) is 3.09. The maximum Gasteiger partial charge on any atom is 0.241 e. The third-order valence-corrected chi connectivity index (χ3v) is 6.90. The first-order valence-electron chi connectivity index (χ1n) is 9.86. The smallest absolute Gasteiger partial charge is 0.241 e. The lowest BCUT2D eigenvalue weighted by atomic mass is 10.0. The van der Waals surface area contributed by atoms with Crippen LogP contribution >= 0.6 is 0 Å². The van der Waals surface area contributed by atoms with Crippen molar-refractivity contribution in [1.82, 2.24) is 9.62 Å². The van der Waals surface area contributed by atoms with Gasteiger partial charge in [-0.3, -0.25) is 4.79 Å². The van der Waals surface area contributed by atoms with Crippen molar-refractivity contribution >= 4 is 21.6 Å². The molecule has 29 heavy (non-hydrogen) atoms. The number of nitrogens with zero attached hydrogens (tertiary/aromatic N) is 2. The highest BCUT2D eigenvalue weighted by Gasteiger charge is 2.34. The van der Waals surface area contributed by atoms with Crippen LogP contribution < -0.4 is 9.62 Å². The number of hydrogen-bond donors (Lipinski definition) is 1. The maximum absolute atomic E-state index is 13.1. The summed E-state index contributed by atoms with van der Waals surface area (Å²) in [5.74, 6) is -0.196. The van der Waals surface area contributed by atoms with E-state index < -0.39 is 16.1 Å². The zero-order chi connectivity index (χ0) is 21.2. The second-order valence-electron chi connectivity index (χ2n) is 7.84. The third kappa shape index (κ3) is 4.79. The molecule has 3 rings (SSSR count). The van der Waals surface area contributed by atoms with Crippen molar-refractivity contribution in [3.05, 3.63) is 59.7 Å². The molecule has 0 spiro atoms. The second kappa shape index (κ2) is 8.55. The van der Waals surface area contributed by atoms with Crippen LogP contribution in [0.1, 0.15) is 36.9 Å². The summed E-state index contributed by atoms with van der Waals surface area (Å²) in [5, 5.41) is 0. The Hall–Kier alpha value is -2.38. The van der Waals surface area contributed by atoms with Gasteiger partial charge in [0, 0.05) is 26.3 Å². The lowest BCUT2D eigenvalue weighted by Crippen LogP contribution is -2.46. The highest BCUT2D eigenvalue weighted by atomic mass is 32.2. The molecule has 1 fully saturated rings. The molecule has 156 valence electrons. The fourth-order valence-electron chi connectivity index (χ4n) is 3.70. The number of hydrogen-bond acceptors (Lipinski definition) is 4. The van der Waals surface area contributed by atoms with Crippen LogP contribution in [0, 0.1) is 6.92 Å². The van der Waals surface area contributed by atoms with Crippen LogP contribution in [-0.4, -0.2) is 45.9 Å². The first-order chi connectivity index (χ1) is 13.7. The topological polar surface area (TPSA) is 69.7 Å². The van der Waals surface area contributed by atoms with Gasteiger partial charge in [-0.2, -0.15) is 4.72 Å². The van der Waals surface area contributed by atoms with Crippen molar-refractivity contribution in [2.75, 3.05) is 25.5 Å². The minimum atomic E-state index is -3.76. The number of rotatable bonds is 6. The minimum absolute atomic E-state index is 0.0336. The summed E-state index contributed by atoms with van der Waals surface area (Å²) in [5.41, 5.74) is 3.14. The van der Waals surface area contributed by atoms with Gasteiger partial charge in [0.15, 0.2) is 0 Å². The number of aryl methyl sites for hydroxylation is 1. The fraction of sp³-hybridized carbons (Fsp3) is 0.409. The quantitative estimate of drug-likeness (QED) is 0.787. The van der Waals surface area contributed by atoms with E-state index in [-0.39, 0.29) is 16.8 Å². The summed E-state index contributed by atoms with van der Waals surface area (Å²) in [6, 6.07) is 13.9. The van der Waals surface area contributed by atoms with Crippen molar-refractivity contribution in [3.63, 3.8) is 0 Å². The Morgan fingerprint density at radius 3 is 2.52 bits per heavy atom. The lowest BCUT2D eigenvalue weighted by Gasteiger charge is -2.28. The number of carbonyl (C=O) groups is 1. The molecule has 1 heterocycles. The number of anilines is 1. The number of amides is 1. The molecule has 2 aromatic carbocycles. The van der Waals surface area contributed by atoms with E-state index in [0.717, 1.165) is 29.7 Å². The Morgan fingerprint density at radius 2 is 1.86 bits per heavy atom. The SMILES string of the molecule is Cc1ccc(S(=O)(=O)N[C@@H](C)C(=O)N2CCCC2c2cccc(N(C)C)c2)cc1. The molecule has 1 N–H and O–H groups in total.